The molecular weight excluding hydrogens is 743 g/mol. The normalized spacial score (nSPS) is 11.6. The Morgan fingerprint density at radius 3 is 1.61 bits per heavy atom. The van der Waals surface area contributed by atoms with Gasteiger partial charge in [-0.3, -0.25) is 0 Å². The zero-order valence-electron chi connectivity index (χ0n) is 32.9. The Morgan fingerprint density at radius 1 is 0.344 bits per heavy atom. The number of para-hydroxylation sites is 1. The SMILES string of the molecule is c1ccc(-c2ccc3ccc4ccc(-c5ccc6nc(-c7cccc8c7cc(-c7ccccc7)c7c(-c9ccccc9)nn(-c9ccccc9)c78)ccc6c5)nc4c3n2)cc1. The molecule has 8 aromatic carbocycles. The van der Waals surface area contributed by atoms with Crippen LogP contribution in [0.2, 0.25) is 0 Å². The third-order valence-corrected chi connectivity index (χ3v) is 11.8. The predicted octanol–water partition coefficient (Wildman–Crippen LogP) is 14.2. The summed E-state index contributed by atoms with van der Waals surface area (Å²) in [6.45, 7) is 0. The van der Waals surface area contributed by atoms with Crippen LogP contribution in [-0.2, 0) is 0 Å². The molecule has 0 fully saturated rings. The first-order chi connectivity index (χ1) is 30.2. The number of hydrogen-bond acceptors (Lipinski definition) is 4. The molecule has 12 aromatic rings. The number of benzene rings is 8. The van der Waals surface area contributed by atoms with Crippen molar-refractivity contribution in [1.82, 2.24) is 24.7 Å². The highest BCUT2D eigenvalue weighted by atomic mass is 15.3. The Hall–Kier alpha value is -8.28. The van der Waals surface area contributed by atoms with E-state index >= 15 is 0 Å². The summed E-state index contributed by atoms with van der Waals surface area (Å²) in [5, 5.41) is 11.9. The topological polar surface area (TPSA) is 56.5 Å². The van der Waals surface area contributed by atoms with Gasteiger partial charge in [0.15, 0.2) is 0 Å². The molecule has 0 aliphatic rings. The van der Waals surface area contributed by atoms with Crippen LogP contribution in [0.4, 0.5) is 0 Å². The maximum absolute atomic E-state index is 5.38. The van der Waals surface area contributed by atoms with Crippen molar-refractivity contribution in [3.05, 3.63) is 212 Å². The molecule has 4 heterocycles. The van der Waals surface area contributed by atoms with Gasteiger partial charge in [0.05, 0.1) is 44.8 Å². The van der Waals surface area contributed by atoms with Gasteiger partial charge in [-0.25, -0.2) is 19.6 Å². The van der Waals surface area contributed by atoms with Crippen LogP contribution in [0.1, 0.15) is 0 Å². The monoisotopic (exact) mass is 777 g/mol. The van der Waals surface area contributed by atoms with Gasteiger partial charge in [-0.05, 0) is 65.0 Å². The van der Waals surface area contributed by atoms with Crippen LogP contribution in [-0.4, -0.2) is 24.7 Å². The van der Waals surface area contributed by atoms with Crippen molar-refractivity contribution in [2.45, 2.75) is 0 Å². The maximum atomic E-state index is 5.38. The van der Waals surface area contributed by atoms with Crippen molar-refractivity contribution in [2.75, 3.05) is 0 Å². The molecule has 0 amide bonds. The zero-order chi connectivity index (χ0) is 40.3. The Kier molecular flexibility index (Phi) is 8.10. The molecule has 12 rings (SSSR count). The van der Waals surface area contributed by atoms with E-state index in [2.05, 4.69) is 193 Å². The van der Waals surface area contributed by atoms with Crippen molar-refractivity contribution in [3.8, 4) is 61.8 Å². The largest absolute Gasteiger partial charge is 0.248 e. The second-order valence-electron chi connectivity index (χ2n) is 15.4. The van der Waals surface area contributed by atoms with Crippen LogP contribution in [0, 0.1) is 0 Å². The highest BCUT2D eigenvalue weighted by Gasteiger charge is 2.22. The van der Waals surface area contributed by atoms with Crippen molar-refractivity contribution in [1.29, 1.82) is 0 Å². The van der Waals surface area contributed by atoms with E-state index in [-0.39, 0.29) is 0 Å². The van der Waals surface area contributed by atoms with Crippen LogP contribution < -0.4 is 0 Å². The molecule has 0 N–H and O–H groups in total. The van der Waals surface area contributed by atoms with Gasteiger partial charge in [0.2, 0.25) is 0 Å². The maximum Gasteiger partial charge on any atom is 0.101 e. The van der Waals surface area contributed by atoms with Crippen molar-refractivity contribution >= 4 is 54.4 Å². The lowest BCUT2D eigenvalue weighted by molar-refractivity contribution is 0.918. The average Bonchev–Trinajstić information content (AvgIpc) is 3.75. The van der Waals surface area contributed by atoms with Gasteiger partial charge in [-0.1, -0.05) is 164 Å². The quantitative estimate of drug-likeness (QED) is 0.158. The minimum atomic E-state index is 0.894. The lowest BCUT2D eigenvalue weighted by Crippen LogP contribution is -1.97. The Balaban J connectivity index is 1.01. The first-order valence-corrected chi connectivity index (χ1v) is 20.6. The van der Waals surface area contributed by atoms with E-state index in [1.807, 2.05) is 24.3 Å². The molecule has 0 radical (unpaired) electrons. The molecular formula is C56H35N5. The number of nitrogens with zero attached hydrogens (tertiary/aromatic N) is 5. The summed E-state index contributed by atoms with van der Waals surface area (Å²) in [6.07, 6.45) is 0. The highest BCUT2D eigenvalue weighted by Crippen LogP contribution is 2.44. The van der Waals surface area contributed by atoms with E-state index in [1.54, 1.807) is 0 Å². The molecule has 0 saturated heterocycles. The lowest BCUT2D eigenvalue weighted by Gasteiger charge is -2.14. The molecule has 284 valence electrons. The third kappa shape index (κ3) is 5.94. The average molecular weight is 778 g/mol. The number of rotatable bonds is 6. The second kappa shape index (κ2) is 14.2. The van der Waals surface area contributed by atoms with E-state index in [4.69, 9.17) is 20.1 Å². The summed E-state index contributed by atoms with van der Waals surface area (Å²) in [6, 6.07) is 74.3. The third-order valence-electron chi connectivity index (χ3n) is 11.8. The van der Waals surface area contributed by atoms with Crippen molar-refractivity contribution in [3.63, 3.8) is 0 Å². The predicted molar refractivity (Wildman–Crippen MR) is 252 cm³/mol. The van der Waals surface area contributed by atoms with Gasteiger partial charge >= 0.3 is 0 Å². The minimum absolute atomic E-state index is 0.894. The van der Waals surface area contributed by atoms with Crippen LogP contribution in [0.5, 0.6) is 0 Å². The number of aromatic nitrogens is 5. The Morgan fingerprint density at radius 2 is 0.918 bits per heavy atom. The fourth-order valence-electron chi connectivity index (χ4n) is 8.82. The molecule has 61 heavy (non-hydrogen) atoms. The van der Waals surface area contributed by atoms with Gasteiger partial charge in [0, 0.05) is 49.2 Å². The van der Waals surface area contributed by atoms with Gasteiger partial charge in [-0.15, -0.1) is 0 Å². The first-order valence-electron chi connectivity index (χ1n) is 20.6. The van der Waals surface area contributed by atoms with E-state index in [0.717, 1.165) is 116 Å². The summed E-state index contributed by atoms with van der Waals surface area (Å²) in [7, 11) is 0. The molecule has 0 bridgehead atoms. The zero-order valence-corrected chi connectivity index (χ0v) is 32.9. The fourth-order valence-corrected chi connectivity index (χ4v) is 8.82. The lowest BCUT2D eigenvalue weighted by atomic mass is 9.91. The molecule has 0 aliphatic heterocycles. The molecule has 0 aliphatic carbocycles. The van der Waals surface area contributed by atoms with Gasteiger partial charge in [-0.2, -0.15) is 5.10 Å². The molecule has 0 unspecified atom stereocenters. The Bertz CT molecular complexity index is 3620. The van der Waals surface area contributed by atoms with Crippen molar-refractivity contribution in [2.24, 2.45) is 0 Å². The molecule has 4 aromatic heterocycles. The van der Waals surface area contributed by atoms with Crippen molar-refractivity contribution < 1.29 is 0 Å². The van der Waals surface area contributed by atoms with Crippen LogP contribution >= 0.6 is 0 Å². The first kappa shape index (κ1) is 34.7. The van der Waals surface area contributed by atoms with Gasteiger partial charge in [0.25, 0.3) is 0 Å². The van der Waals surface area contributed by atoms with E-state index in [0.29, 0.717) is 0 Å². The number of hydrogen-bond donors (Lipinski definition) is 0. The summed E-state index contributed by atoms with van der Waals surface area (Å²) in [4.78, 5) is 15.7. The standard InChI is InChI=1S/C56H35N5/c1-5-14-36(15-6-1)46-35-47-44(22-13-23-45(47)56-52(46)53(38-18-9-3-10-19-38)60-61(56)43-20-11-4-12-21-43)51-33-29-41-34-42(28-32-49(41)57-51)50-31-27-40-25-24-39-26-30-48(37-16-7-2-8-17-37)58-54(39)55(40)59-50/h1-35H. The summed E-state index contributed by atoms with van der Waals surface area (Å²) in [5.74, 6) is 0. The Labute approximate surface area is 351 Å². The van der Waals surface area contributed by atoms with Gasteiger partial charge < -0.3 is 0 Å². The van der Waals surface area contributed by atoms with E-state index in [9.17, 15) is 0 Å². The van der Waals surface area contributed by atoms with Crippen LogP contribution in [0.15, 0.2) is 212 Å². The van der Waals surface area contributed by atoms with E-state index < -0.39 is 0 Å². The second-order valence-corrected chi connectivity index (χ2v) is 15.4. The molecule has 0 saturated carbocycles. The van der Waals surface area contributed by atoms with Crippen LogP contribution in [0.3, 0.4) is 0 Å². The smallest absolute Gasteiger partial charge is 0.101 e. The molecule has 5 nitrogen and oxygen atoms in total. The molecule has 0 spiro atoms. The summed E-state index contributed by atoms with van der Waals surface area (Å²) < 4.78 is 2.12. The fraction of sp³-hybridized carbons (Fsp3) is 0. The molecule has 5 heteroatoms. The molecule has 0 atom stereocenters. The van der Waals surface area contributed by atoms with Crippen LogP contribution in [0.25, 0.3) is 116 Å². The van der Waals surface area contributed by atoms with E-state index in [1.165, 1.54) is 0 Å². The number of fused-ring (bicyclic) bond motifs is 7. The summed E-state index contributed by atoms with van der Waals surface area (Å²) >= 11 is 0. The minimum Gasteiger partial charge on any atom is -0.248 e. The van der Waals surface area contributed by atoms with Gasteiger partial charge in [0.1, 0.15) is 5.69 Å². The summed E-state index contributed by atoms with van der Waals surface area (Å²) in [5.41, 5.74) is 15.0. The number of pyridine rings is 3. The highest BCUT2D eigenvalue weighted by molar-refractivity contribution is 6.20.